The van der Waals surface area contributed by atoms with E-state index < -0.39 is 0 Å². The first-order chi connectivity index (χ1) is 9.10. The smallest absolute Gasteiger partial charge is 0.240 e. The molecule has 110 valence electrons. The zero-order chi connectivity index (χ0) is 13.8. The van der Waals surface area contributed by atoms with Gasteiger partial charge in [-0.2, -0.15) is 0 Å². The molecule has 0 bridgehead atoms. The van der Waals surface area contributed by atoms with Gasteiger partial charge in [0.2, 0.25) is 5.91 Å². The van der Waals surface area contributed by atoms with Crippen molar-refractivity contribution in [3.8, 4) is 0 Å². The Morgan fingerprint density at radius 2 is 1.89 bits per heavy atom. The molecule has 1 saturated carbocycles. The summed E-state index contributed by atoms with van der Waals surface area (Å²) in [6.45, 7) is 6.35. The highest BCUT2D eigenvalue weighted by Gasteiger charge is 2.40. The van der Waals surface area contributed by atoms with Crippen LogP contribution < -0.4 is 10.6 Å². The summed E-state index contributed by atoms with van der Waals surface area (Å²) < 4.78 is 0. The van der Waals surface area contributed by atoms with E-state index in [1.54, 1.807) is 0 Å². The minimum Gasteiger partial charge on any atom is -0.354 e. The molecule has 3 nitrogen and oxygen atoms in total. The standard InChI is InChI=1S/C16H30N2O/c1-3-8-16(11-7-12-18-16)14(19)17-13-15(2)9-5-4-6-10-15/h18H,3-13H2,1-2H3,(H,17,19). The summed E-state index contributed by atoms with van der Waals surface area (Å²) in [5.41, 5.74) is 0.0691. The lowest BCUT2D eigenvalue weighted by molar-refractivity contribution is -0.128. The van der Waals surface area contributed by atoms with E-state index in [-0.39, 0.29) is 11.4 Å². The third-order valence-corrected chi connectivity index (χ3v) is 5.09. The molecule has 1 heterocycles. The van der Waals surface area contributed by atoms with Crippen LogP contribution in [0.15, 0.2) is 0 Å². The molecule has 3 heteroatoms. The molecule has 2 N–H and O–H groups in total. The van der Waals surface area contributed by atoms with Gasteiger partial charge in [-0.25, -0.2) is 0 Å². The van der Waals surface area contributed by atoms with E-state index in [9.17, 15) is 4.79 Å². The van der Waals surface area contributed by atoms with Crippen molar-refractivity contribution in [2.45, 2.75) is 77.2 Å². The van der Waals surface area contributed by atoms with Crippen LogP contribution in [0.2, 0.25) is 0 Å². The lowest BCUT2D eigenvalue weighted by Gasteiger charge is -2.35. The molecule has 19 heavy (non-hydrogen) atoms. The molecule has 2 fully saturated rings. The predicted molar refractivity (Wildman–Crippen MR) is 79.1 cm³/mol. The molecule has 1 saturated heterocycles. The van der Waals surface area contributed by atoms with E-state index in [0.717, 1.165) is 38.8 Å². The van der Waals surface area contributed by atoms with Crippen LogP contribution in [-0.4, -0.2) is 24.5 Å². The van der Waals surface area contributed by atoms with Crippen molar-refractivity contribution in [1.82, 2.24) is 10.6 Å². The van der Waals surface area contributed by atoms with Crippen LogP contribution in [0.25, 0.3) is 0 Å². The number of hydrogen-bond acceptors (Lipinski definition) is 2. The molecule has 1 atom stereocenters. The third kappa shape index (κ3) is 3.50. The quantitative estimate of drug-likeness (QED) is 0.803. The molecular formula is C16H30N2O. The first-order valence-corrected chi connectivity index (χ1v) is 8.14. The topological polar surface area (TPSA) is 41.1 Å². The first-order valence-electron chi connectivity index (χ1n) is 8.14. The normalized spacial score (nSPS) is 30.2. The molecule has 2 rings (SSSR count). The van der Waals surface area contributed by atoms with Gasteiger partial charge in [0.15, 0.2) is 0 Å². The zero-order valence-corrected chi connectivity index (χ0v) is 12.7. The van der Waals surface area contributed by atoms with Gasteiger partial charge < -0.3 is 10.6 Å². The van der Waals surface area contributed by atoms with E-state index >= 15 is 0 Å². The Bertz CT molecular complexity index is 302. The highest BCUT2D eigenvalue weighted by Crippen LogP contribution is 2.35. The molecule has 1 aliphatic heterocycles. The maximum Gasteiger partial charge on any atom is 0.240 e. The number of nitrogens with one attached hydrogen (secondary N) is 2. The Balaban J connectivity index is 1.88. The van der Waals surface area contributed by atoms with Crippen molar-refractivity contribution in [1.29, 1.82) is 0 Å². The number of rotatable bonds is 5. The average Bonchev–Trinajstić information content (AvgIpc) is 2.87. The molecule has 1 unspecified atom stereocenters. The second-order valence-corrected chi connectivity index (χ2v) is 6.92. The van der Waals surface area contributed by atoms with Crippen LogP contribution in [-0.2, 0) is 4.79 Å². The van der Waals surface area contributed by atoms with Gasteiger partial charge in [-0.1, -0.05) is 39.5 Å². The Morgan fingerprint density at radius 1 is 1.16 bits per heavy atom. The fourth-order valence-electron chi connectivity index (χ4n) is 3.80. The van der Waals surface area contributed by atoms with Gasteiger partial charge in [0.1, 0.15) is 0 Å². The van der Waals surface area contributed by atoms with Crippen molar-refractivity contribution in [3.63, 3.8) is 0 Å². The highest BCUT2D eigenvalue weighted by molar-refractivity contribution is 5.86. The van der Waals surface area contributed by atoms with E-state index in [1.165, 1.54) is 32.1 Å². The highest BCUT2D eigenvalue weighted by atomic mass is 16.2. The van der Waals surface area contributed by atoms with Gasteiger partial charge in [-0.3, -0.25) is 4.79 Å². The molecule has 0 radical (unpaired) electrons. The first kappa shape index (κ1) is 14.8. The molecular weight excluding hydrogens is 236 g/mol. The molecule has 1 amide bonds. The van der Waals surface area contributed by atoms with Crippen LogP contribution in [0.5, 0.6) is 0 Å². The van der Waals surface area contributed by atoms with Crippen molar-refractivity contribution < 1.29 is 4.79 Å². The van der Waals surface area contributed by atoms with Crippen LogP contribution in [0.4, 0.5) is 0 Å². The van der Waals surface area contributed by atoms with Crippen LogP contribution in [0.3, 0.4) is 0 Å². The maximum atomic E-state index is 12.6. The second kappa shape index (κ2) is 6.25. The molecule has 2 aliphatic rings. The minimum absolute atomic E-state index is 0.249. The maximum absolute atomic E-state index is 12.6. The number of amides is 1. The molecule has 0 aromatic rings. The van der Waals surface area contributed by atoms with Gasteiger partial charge in [0.05, 0.1) is 5.54 Å². The van der Waals surface area contributed by atoms with Crippen molar-refractivity contribution in [2.24, 2.45) is 5.41 Å². The van der Waals surface area contributed by atoms with Crippen molar-refractivity contribution in [3.05, 3.63) is 0 Å². The van der Waals surface area contributed by atoms with Crippen LogP contribution in [0, 0.1) is 5.41 Å². The average molecular weight is 266 g/mol. The summed E-state index contributed by atoms with van der Waals surface area (Å²) in [6.07, 6.45) is 10.7. The summed E-state index contributed by atoms with van der Waals surface area (Å²) >= 11 is 0. The molecule has 1 aliphatic carbocycles. The van der Waals surface area contributed by atoms with Crippen LogP contribution >= 0.6 is 0 Å². The SMILES string of the molecule is CCCC1(C(=O)NCC2(C)CCCCC2)CCCN1. The van der Waals surface area contributed by atoms with Gasteiger partial charge in [0.25, 0.3) is 0 Å². The van der Waals surface area contributed by atoms with E-state index in [2.05, 4.69) is 24.5 Å². The Labute approximate surface area is 117 Å². The summed E-state index contributed by atoms with van der Waals surface area (Å²) in [4.78, 5) is 12.6. The van der Waals surface area contributed by atoms with Gasteiger partial charge >= 0.3 is 0 Å². The van der Waals surface area contributed by atoms with Crippen molar-refractivity contribution >= 4 is 5.91 Å². The van der Waals surface area contributed by atoms with E-state index in [0.29, 0.717) is 5.41 Å². The molecule has 0 aromatic heterocycles. The van der Waals surface area contributed by atoms with Crippen LogP contribution in [0.1, 0.15) is 71.6 Å². The number of carbonyl (C=O) groups excluding carboxylic acids is 1. The Hall–Kier alpha value is -0.570. The molecule has 0 aromatic carbocycles. The predicted octanol–water partition coefficient (Wildman–Crippen LogP) is 3.00. The monoisotopic (exact) mass is 266 g/mol. The zero-order valence-electron chi connectivity index (χ0n) is 12.7. The van der Waals surface area contributed by atoms with Crippen molar-refractivity contribution in [2.75, 3.05) is 13.1 Å². The second-order valence-electron chi connectivity index (χ2n) is 6.92. The van der Waals surface area contributed by atoms with Gasteiger partial charge in [0, 0.05) is 6.54 Å². The molecule has 0 spiro atoms. The Kier molecular flexibility index (Phi) is 4.88. The number of hydrogen-bond donors (Lipinski definition) is 2. The lowest BCUT2D eigenvalue weighted by atomic mass is 9.75. The Morgan fingerprint density at radius 3 is 2.47 bits per heavy atom. The third-order valence-electron chi connectivity index (χ3n) is 5.09. The van der Waals surface area contributed by atoms with Gasteiger partial charge in [-0.05, 0) is 44.1 Å². The van der Waals surface area contributed by atoms with E-state index in [1.807, 2.05) is 0 Å². The lowest BCUT2D eigenvalue weighted by Crippen LogP contribution is -2.55. The summed E-state index contributed by atoms with van der Waals surface area (Å²) in [7, 11) is 0. The summed E-state index contributed by atoms with van der Waals surface area (Å²) in [6, 6.07) is 0. The summed E-state index contributed by atoms with van der Waals surface area (Å²) in [5.74, 6) is 0.249. The summed E-state index contributed by atoms with van der Waals surface area (Å²) in [5, 5.41) is 6.72. The number of carbonyl (C=O) groups is 1. The largest absolute Gasteiger partial charge is 0.354 e. The van der Waals surface area contributed by atoms with E-state index in [4.69, 9.17) is 0 Å². The fourth-order valence-corrected chi connectivity index (χ4v) is 3.80. The van der Waals surface area contributed by atoms with Gasteiger partial charge in [-0.15, -0.1) is 0 Å². The minimum atomic E-state index is -0.264. The fraction of sp³-hybridized carbons (Fsp3) is 0.938.